The molecule has 0 saturated heterocycles. The van der Waals surface area contributed by atoms with Gasteiger partial charge in [0.1, 0.15) is 5.52 Å². The lowest BCUT2D eigenvalue weighted by Gasteiger charge is -2.15. The molecule has 2 aromatic rings. The molecule has 1 aromatic carbocycles. The average Bonchev–Trinajstić information content (AvgIpc) is 2.37. The largest absolute Gasteiger partial charge is 0.380 e. The Hall–Kier alpha value is -1.71. The first-order valence-electron chi connectivity index (χ1n) is 6.25. The van der Waals surface area contributed by atoms with Gasteiger partial charge >= 0.3 is 10.1 Å². The van der Waals surface area contributed by atoms with E-state index in [1.165, 1.54) is 26.2 Å². The van der Waals surface area contributed by atoms with E-state index in [-0.39, 0.29) is 16.2 Å². The SMILES string of the molecule is Cc1ccc2c(S(=O)(=O)N(C)C)ccc(OS(C)(=O)=O)c2n1. The Kier molecular flexibility index (Phi) is 4.16. The predicted octanol–water partition coefficient (Wildman–Crippen LogP) is 1.13. The lowest BCUT2D eigenvalue weighted by atomic mass is 10.2. The highest BCUT2D eigenvalue weighted by Gasteiger charge is 2.23. The van der Waals surface area contributed by atoms with Crippen LogP contribution in [0.1, 0.15) is 5.69 Å². The normalized spacial score (nSPS) is 12.8. The van der Waals surface area contributed by atoms with Crippen molar-refractivity contribution in [2.45, 2.75) is 11.8 Å². The fourth-order valence-electron chi connectivity index (χ4n) is 1.92. The quantitative estimate of drug-likeness (QED) is 0.772. The molecule has 0 N–H and O–H groups in total. The smallest absolute Gasteiger partial charge is 0.306 e. The van der Waals surface area contributed by atoms with E-state index in [0.717, 1.165) is 10.6 Å². The van der Waals surface area contributed by atoms with Crippen molar-refractivity contribution in [2.75, 3.05) is 20.4 Å². The first-order valence-corrected chi connectivity index (χ1v) is 9.50. The topological polar surface area (TPSA) is 93.6 Å². The fraction of sp³-hybridized carbons (Fsp3) is 0.308. The number of sulfonamides is 1. The van der Waals surface area contributed by atoms with Crippen molar-refractivity contribution in [3.63, 3.8) is 0 Å². The molecule has 7 nitrogen and oxygen atoms in total. The fourth-order valence-corrected chi connectivity index (χ4v) is 3.45. The lowest BCUT2D eigenvalue weighted by molar-refractivity contribution is 0.495. The summed E-state index contributed by atoms with van der Waals surface area (Å²) in [6.07, 6.45) is 0.916. The highest BCUT2D eigenvalue weighted by Crippen LogP contribution is 2.31. The average molecular weight is 344 g/mol. The molecule has 0 aliphatic rings. The van der Waals surface area contributed by atoms with E-state index in [1.54, 1.807) is 19.1 Å². The van der Waals surface area contributed by atoms with Gasteiger partial charge in [-0.05, 0) is 31.2 Å². The molecule has 0 bridgehead atoms. The zero-order chi connectivity index (χ0) is 16.7. The van der Waals surface area contributed by atoms with Crippen molar-refractivity contribution in [2.24, 2.45) is 0 Å². The van der Waals surface area contributed by atoms with Crippen molar-refractivity contribution in [1.29, 1.82) is 0 Å². The van der Waals surface area contributed by atoms with Gasteiger partial charge in [0.2, 0.25) is 10.0 Å². The summed E-state index contributed by atoms with van der Waals surface area (Å²) in [4.78, 5) is 4.26. The number of nitrogens with zero attached hydrogens (tertiary/aromatic N) is 2. The molecule has 2 rings (SSSR count). The molecule has 0 amide bonds. The number of hydrogen-bond donors (Lipinski definition) is 0. The Morgan fingerprint density at radius 2 is 1.68 bits per heavy atom. The number of rotatable bonds is 4. The van der Waals surface area contributed by atoms with Crippen LogP contribution >= 0.6 is 0 Å². The van der Waals surface area contributed by atoms with Gasteiger partial charge in [-0.15, -0.1) is 0 Å². The van der Waals surface area contributed by atoms with Crippen LogP contribution in [0.5, 0.6) is 5.75 Å². The number of hydrogen-bond acceptors (Lipinski definition) is 6. The van der Waals surface area contributed by atoms with Gasteiger partial charge in [0, 0.05) is 25.2 Å². The lowest BCUT2D eigenvalue weighted by Crippen LogP contribution is -2.22. The molecule has 120 valence electrons. The molecular weight excluding hydrogens is 328 g/mol. The van der Waals surface area contributed by atoms with Crippen LogP contribution in [0.4, 0.5) is 0 Å². The molecule has 0 unspecified atom stereocenters. The van der Waals surface area contributed by atoms with E-state index in [0.29, 0.717) is 11.1 Å². The molecule has 0 aliphatic heterocycles. The minimum absolute atomic E-state index is 0.00101. The molecule has 0 aliphatic carbocycles. The van der Waals surface area contributed by atoms with E-state index >= 15 is 0 Å². The summed E-state index contributed by atoms with van der Waals surface area (Å²) in [6.45, 7) is 1.72. The van der Waals surface area contributed by atoms with Gasteiger partial charge in [0.15, 0.2) is 5.75 Å². The van der Waals surface area contributed by atoms with Crippen molar-refractivity contribution in [3.8, 4) is 5.75 Å². The Labute approximate surface area is 129 Å². The molecule has 1 heterocycles. The van der Waals surface area contributed by atoms with Crippen LogP contribution in [0.3, 0.4) is 0 Å². The molecule has 0 radical (unpaired) electrons. The van der Waals surface area contributed by atoms with Crippen LogP contribution in [-0.2, 0) is 20.1 Å². The number of benzene rings is 1. The summed E-state index contributed by atoms with van der Waals surface area (Å²) in [5.74, 6) is -0.00101. The van der Waals surface area contributed by atoms with Gasteiger partial charge in [-0.1, -0.05) is 0 Å². The molecule has 9 heteroatoms. The van der Waals surface area contributed by atoms with E-state index in [9.17, 15) is 16.8 Å². The van der Waals surface area contributed by atoms with E-state index in [1.807, 2.05) is 0 Å². The Morgan fingerprint density at radius 1 is 1.05 bits per heavy atom. The van der Waals surface area contributed by atoms with E-state index in [4.69, 9.17) is 4.18 Å². The molecule has 22 heavy (non-hydrogen) atoms. The van der Waals surface area contributed by atoms with Gasteiger partial charge in [-0.2, -0.15) is 8.42 Å². The Morgan fingerprint density at radius 3 is 2.23 bits per heavy atom. The van der Waals surface area contributed by atoms with Crippen LogP contribution in [0.15, 0.2) is 29.2 Å². The van der Waals surface area contributed by atoms with Crippen LogP contribution in [0, 0.1) is 6.92 Å². The second-order valence-electron chi connectivity index (χ2n) is 4.99. The maximum absolute atomic E-state index is 12.4. The Bertz CT molecular complexity index is 934. The monoisotopic (exact) mass is 344 g/mol. The van der Waals surface area contributed by atoms with Crippen molar-refractivity contribution in [1.82, 2.24) is 9.29 Å². The first kappa shape index (κ1) is 16.7. The first-order chi connectivity index (χ1) is 10.0. The van der Waals surface area contributed by atoms with Gasteiger partial charge in [-0.3, -0.25) is 0 Å². The summed E-state index contributed by atoms with van der Waals surface area (Å²) in [6, 6.07) is 5.85. The van der Waals surface area contributed by atoms with Crippen molar-refractivity contribution < 1.29 is 21.0 Å². The third kappa shape index (κ3) is 3.21. The van der Waals surface area contributed by atoms with Crippen LogP contribution in [-0.4, -0.2) is 46.5 Å². The van der Waals surface area contributed by atoms with E-state index < -0.39 is 20.1 Å². The van der Waals surface area contributed by atoms with Crippen molar-refractivity contribution >= 4 is 31.0 Å². The molecular formula is C13H16N2O5S2. The van der Waals surface area contributed by atoms with Crippen LogP contribution < -0.4 is 4.18 Å². The minimum Gasteiger partial charge on any atom is -0.380 e. The van der Waals surface area contributed by atoms with Crippen molar-refractivity contribution in [3.05, 3.63) is 30.0 Å². The second kappa shape index (κ2) is 5.49. The van der Waals surface area contributed by atoms with Crippen LogP contribution in [0.2, 0.25) is 0 Å². The van der Waals surface area contributed by atoms with E-state index in [2.05, 4.69) is 4.98 Å². The summed E-state index contributed by atoms with van der Waals surface area (Å²) >= 11 is 0. The van der Waals surface area contributed by atoms with Crippen LogP contribution in [0.25, 0.3) is 10.9 Å². The zero-order valence-corrected chi connectivity index (χ0v) is 14.2. The second-order valence-corrected chi connectivity index (χ2v) is 8.68. The summed E-state index contributed by atoms with van der Waals surface area (Å²) in [7, 11) is -4.59. The number of aryl methyl sites for hydroxylation is 1. The predicted molar refractivity (Wildman–Crippen MR) is 82.8 cm³/mol. The molecule has 0 atom stereocenters. The highest BCUT2D eigenvalue weighted by molar-refractivity contribution is 7.89. The summed E-state index contributed by atoms with van der Waals surface area (Å²) in [5.41, 5.74) is 0.804. The standard InChI is InChI=1S/C13H16N2O5S2/c1-9-5-6-10-12(22(18,19)15(2)3)8-7-11(13(10)14-9)20-21(4,16)17/h5-8H,1-4H3. The number of pyridine rings is 1. The van der Waals surface area contributed by atoms with Gasteiger partial charge in [0.25, 0.3) is 0 Å². The maximum Gasteiger partial charge on any atom is 0.306 e. The minimum atomic E-state index is -3.75. The Balaban J connectivity index is 2.83. The third-order valence-electron chi connectivity index (χ3n) is 2.92. The molecule has 0 fully saturated rings. The number of aromatic nitrogens is 1. The number of fused-ring (bicyclic) bond motifs is 1. The summed E-state index contributed by atoms with van der Waals surface area (Å²) in [5, 5.41) is 0.306. The summed E-state index contributed by atoms with van der Waals surface area (Å²) < 4.78 is 53.4. The van der Waals surface area contributed by atoms with Gasteiger partial charge in [0.05, 0.1) is 11.2 Å². The molecule has 0 spiro atoms. The van der Waals surface area contributed by atoms with Gasteiger partial charge < -0.3 is 4.18 Å². The zero-order valence-electron chi connectivity index (χ0n) is 12.6. The highest BCUT2D eigenvalue weighted by atomic mass is 32.2. The molecule has 0 saturated carbocycles. The molecule has 1 aromatic heterocycles. The van der Waals surface area contributed by atoms with Gasteiger partial charge in [-0.25, -0.2) is 17.7 Å². The third-order valence-corrected chi connectivity index (χ3v) is 5.27. The maximum atomic E-state index is 12.4.